The summed E-state index contributed by atoms with van der Waals surface area (Å²) in [4.78, 5) is 15.6. The molecule has 1 aromatic rings. The second-order valence-corrected chi connectivity index (χ2v) is 3.43. The normalized spacial score (nSPS) is 9.86. The topological polar surface area (TPSA) is 77.2 Å². The molecule has 0 aliphatic carbocycles. The molecule has 0 bridgehead atoms. The van der Waals surface area contributed by atoms with Crippen LogP contribution in [0.2, 0.25) is 0 Å². The van der Waals surface area contributed by atoms with Gasteiger partial charge in [0.05, 0.1) is 12.0 Å². The van der Waals surface area contributed by atoms with Crippen molar-refractivity contribution in [3.63, 3.8) is 0 Å². The molecular formula is C8H11N3O2S. The Morgan fingerprint density at radius 3 is 2.86 bits per heavy atom. The third kappa shape index (κ3) is 2.36. The minimum Gasteiger partial charge on any atom is -0.480 e. The van der Waals surface area contributed by atoms with Gasteiger partial charge in [-0.3, -0.25) is 9.52 Å². The fourth-order valence-corrected chi connectivity index (χ4v) is 1.47. The lowest BCUT2D eigenvalue weighted by atomic mass is 10.3. The number of hydrogen-bond donors (Lipinski definition) is 2. The van der Waals surface area contributed by atoms with Crippen LogP contribution in [0.3, 0.4) is 0 Å². The SMILES string of the molecule is CNSc1ccc(C(N)=O)nc1OC. The van der Waals surface area contributed by atoms with Crippen LogP contribution in [-0.4, -0.2) is 25.0 Å². The lowest BCUT2D eigenvalue weighted by molar-refractivity contribution is 0.0994. The molecule has 0 aliphatic rings. The standard InChI is InChI=1S/C8H11N3O2S/c1-10-14-6-4-3-5(7(9)12)11-8(6)13-2/h3-4,10H,1-2H3,(H2,9,12). The maximum Gasteiger partial charge on any atom is 0.267 e. The molecule has 0 radical (unpaired) electrons. The lowest BCUT2D eigenvalue weighted by Crippen LogP contribution is -2.13. The molecule has 1 aromatic heterocycles. The van der Waals surface area contributed by atoms with Crippen LogP contribution in [0.25, 0.3) is 0 Å². The zero-order chi connectivity index (χ0) is 10.6. The van der Waals surface area contributed by atoms with E-state index in [4.69, 9.17) is 10.5 Å². The Kier molecular flexibility index (Phi) is 3.73. The summed E-state index contributed by atoms with van der Waals surface area (Å²) in [7, 11) is 3.28. The average molecular weight is 213 g/mol. The molecule has 0 spiro atoms. The highest BCUT2D eigenvalue weighted by molar-refractivity contribution is 7.97. The van der Waals surface area contributed by atoms with Crippen LogP contribution in [0.1, 0.15) is 10.5 Å². The average Bonchev–Trinajstić information content (AvgIpc) is 2.18. The van der Waals surface area contributed by atoms with Crippen molar-refractivity contribution >= 4 is 17.9 Å². The number of carbonyl (C=O) groups excluding carboxylic acids is 1. The summed E-state index contributed by atoms with van der Waals surface area (Å²) < 4.78 is 7.90. The number of carbonyl (C=O) groups is 1. The lowest BCUT2D eigenvalue weighted by Gasteiger charge is -2.06. The number of aromatic nitrogens is 1. The van der Waals surface area contributed by atoms with Gasteiger partial charge in [0, 0.05) is 0 Å². The van der Waals surface area contributed by atoms with E-state index in [0.717, 1.165) is 4.90 Å². The predicted molar refractivity (Wildman–Crippen MR) is 54.2 cm³/mol. The van der Waals surface area contributed by atoms with Crippen molar-refractivity contribution in [3.05, 3.63) is 17.8 Å². The van der Waals surface area contributed by atoms with Crippen LogP contribution in [0.15, 0.2) is 17.0 Å². The maximum absolute atomic E-state index is 10.8. The van der Waals surface area contributed by atoms with E-state index in [0.29, 0.717) is 5.88 Å². The highest BCUT2D eigenvalue weighted by atomic mass is 32.2. The minimum absolute atomic E-state index is 0.197. The van der Waals surface area contributed by atoms with Gasteiger partial charge in [0.15, 0.2) is 0 Å². The quantitative estimate of drug-likeness (QED) is 0.709. The largest absolute Gasteiger partial charge is 0.480 e. The zero-order valence-electron chi connectivity index (χ0n) is 7.90. The van der Waals surface area contributed by atoms with Gasteiger partial charge in [0.1, 0.15) is 5.69 Å². The minimum atomic E-state index is -0.565. The van der Waals surface area contributed by atoms with E-state index in [2.05, 4.69) is 9.71 Å². The summed E-state index contributed by atoms with van der Waals surface area (Å²) in [5.41, 5.74) is 5.28. The number of primary amides is 1. The summed E-state index contributed by atoms with van der Waals surface area (Å²) >= 11 is 1.36. The van der Waals surface area contributed by atoms with Crippen LogP contribution < -0.4 is 15.2 Å². The Bertz CT molecular complexity index is 343. The van der Waals surface area contributed by atoms with Crippen LogP contribution in [0.4, 0.5) is 0 Å². The first kappa shape index (κ1) is 10.8. The number of nitrogens with one attached hydrogen (secondary N) is 1. The number of rotatable bonds is 4. The van der Waals surface area contributed by atoms with E-state index in [-0.39, 0.29) is 5.69 Å². The van der Waals surface area contributed by atoms with Crippen LogP contribution >= 0.6 is 11.9 Å². The Balaban J connectivity index is 3.04. The first-order chi connectivity index (χ1) is 6.69. The first-order valence-electron chi connectivity index (χ1n) is 3.87. The molecule has 0 saturated heterocycles. The maximum atomic E-state index is 10.8. The van der Waals surface area contributed by atoms with Gasteiger partial charge in [-0.1, -0.05) is 0 Å². The van der Waals surface area contributed by atoms with Gasteiger partial charge in [0.25, 0.3) is 5.91 Å². The van der Waals surface area contributed by atoms with Gasteiger partial charge in [-0.15, -0.1) is 0 Å². The number of nitrogens with two attached hydrogens (primary N) is 1. The number of ether oxygens (including phenoxy) is 1. The van der Waals surface area contributed by atoms with E-state index in [1.54, 1.807) is 19.2 Å². The third-order valence-corrected chi connectivity index (χ3v) is 2.22. The number of nitrogens with zero attached hydrogens (tertiary/aromatic N) is 1. The van der Waals surface area contributed by atoms with E-state index >= 15 is 0 Å². The van der Waals surface area contributed by atoms with E-state index in [9.17, 15) is 4.79 Å². The summed E-state index contributed by atoms with van der Waals surface area (Å²) in [6.07, 6.45) is 0. The molecule has 0 unspecified atom stereocenters. The second-order valence-electron chi connectivity index (χ2n) is 2.37. The molecule has 14 heavy (non-hydrogen) atoms. The summed E-state index contributed by atoms with van der Waals surface area (Å²) in [5.74, 6) is -0.176. The van der Waals surface area contributed by atoms with Gasteiger partial charge in [-0.2, -0.15) is 0 Å². The number of pyridine rings is 1. The van der Waals surface area contributed by atoms with Crippen molar-refractivity contribution in [2.24, 2.45) is 5.73 Å². The molecule has 0 aliphatic heterocycles. The third-order valence-electron chi connectivity index (χ3n) is 1.48. The summed E-state index contributed by atoms with van der Waals surface area (Å²) in [6, 6.07) is 3.29. The van der Waals surface area contributed by atoms with Crippen LogP contribution in [0.5, 0.6) is 5.88 Å². The Morgan fingerprint density at radius 1 is 1.64 bits per heavy atom. The van der Waals surface area contributed by atoms with Gasteiger partial charge < -0.3 is 10.5 Å². The van der Waals surface area contributed by atoms with Gasteiger partial charge >= 0.3 is 0 Å². The molecule has 6 heteroatoms. The van der Waals surface area contributed by atoms with Gasteiger partial charge in [-0.25, -0.2) is 4.98 Å². The van der Waals surface area contributed by atoms with Crippen molar-refractivity contribution in [3.8, 4) is 5.88 Å². The highest BCUT2D eigenvalue weighted by Crippen LogP contribution is 2.24. The van der Waals surface area contributed by atoms with E-state index in [1.807, 2.05) is 0 Å². The monoisotopic (exact) mass is 213 g/mol. The fraction of sp³-hybridized carbons (Fsp3) is 0.250. The molecule has 0 aromatic carbocycles. The molecular weight excluding hydrogens is 202 g/mol. The molecule has 3 N–H and O–H groups in total. The predicted octanol–water partition coefficient (Wildman–Crippen LogP) is 0.416. The number of hydrogen-bond acceptors (Lipinski definition) is 5. The molecule has 5 nitrogen and oxygen atoms in total. The first-order valence-corrected chi connectivity index (χ1v) is 4.69. The molecule has 0 fully saturated rings. The van der Waals surface area contributed by atoms with Crippen molar-refractivity contribution < 1.29 is 9.53 Å². The smallest absolute Gasteiger partial charge is 0.267 e. The van der Waals surface area contributed by atoms with Crippen LogP contribution in [0, 0.1) is 0 Å². The number of methoxy groups -OCH3 is 1. The fourth-order valence-electron chi connectivity index (χ4n) is 0.899. The molecule has 0 atom stereocenters. The zero-order valence-corrected chi connectivity index (χ0v) is 8.72. The molecule has 1 rings (SSSR count). The Morgan fingerprint density at radius 2 is 2.36 bits per heavy atom. The van der Waals surface area contributed by atoms with Gasteiger partial charge in [0.2, 0.25) is 5.88 Å². The Labute approximate surface area is 86.2 Å². The second kappa shape index (κ2) is 4.83. The molecule has 0 saturated carbocycles. The van der Waals surface area contributed by atoms with Crippen molar-refractivity contribution in [2.75, 3.05) is 14.2 Å². The molecule has 1 heterocycles. The van der Waals surface area contributed by atoms with Crippen molar-refractivity contribution in [2.45, 2.75) is 4.90 Å². The van der Waals surface area contributed by atoms with E-state index < -0.39 is 5.91 Å². The van der Waals surface area contributed by atoms with Crippen LogP contribution in [-0.2, 0) is 0 Å². The highest BCUT2D eigenvalue weighted by Gasteiger charge is 2.09. The van der Waals surface area contributed by atoms with E-state index in [1.165, 1.54) is 19.1 Å². The Hall–Kier alpha value is -1.27. The van der Waals surface area contributed by atoms with Crippen molar-refractivity contribution in [1.29, 1.82) is 0 Å². The summed E-state index contributed by atoms with van der Waals surface area (Å²) in [5, 5.41) is 0. The number of amides is 1. The molecule has 1 amide bonds. The molecule has 76 valence electrons. The van der Waals surface area contributed by atoms with Gasteiger partial charge in [-0.05, 0) is 31.1 Å². The van der Waals surface area contributed by atoms with Crippen molar-refractivity contribution in [1.82, 2.24) is 9.71 Å². The summed E-state index contributed by atoms with van der Waals surface area (Å²) in [6.45, 7) is 0.